The van der Waals surface area contributed by atoms with Gasteiger partial charge in [-0.2, -0.15) is 0 Å². The van der Waals surface area contributed by atoms with Gasteiger partial charge in [-0.1, -0.05) is 13.0 Å². The van der Waals surface area contributed by atoms with Crippen molar-refractivity contribution >= 4 is 28.5 Å². The number of hydrogen-bond acceptors (Lipinski definition) is 3. The number of likely N-dealkylation sites (tertiary alicyclic amines) is 1. The lowest BCUT2D eigenvalue weighted by Crippen LogP contribution is -2.67. The van der Waals surface area contributed by atoms with Crippen molar-refractivity contribution in [3.8, 4) is 0 Å². The number of amides is 1. The van der Waals surface area contributed by atoms with Crippen LogP contribution in [0.3, 0.4) is 0 Å². The number of carbonyl (C=O) groups is 1. The summed E-state index contributed by atoms with van der Waals surface area (Å²) in [6, 6.07) is 6.81. The highest BCUT2D eigenvalue weighted by molar-refractivity contribution is 14.1. The van der Waals surface area contributed by atoms with Gasteiger partial charge in [0.2, 0.25) is 0 Å². The van der Waals surface area contributed by atoms with Crippen LogP contribution in [0.25, 0.3) is 0 Å². The Morgan fingerprint density at radius 3 is 2.57 bits per heavy atom. The molecule has 1 aliphatic heterocycles. The van der Waals surface area contributed by atoms with Gasteiger partial charge in [0.15, 0.2) is 11.6 Å². The lowest BCUT2D eigenvalue weighted by atomic mass is 9.91. The second-order valence-corrected chi connectivity index (χ2v) is 9.12. The van der Waals surface area contributed by atoms with Crippen molar-refractivity contribution in [2.24, 2.45) is 0 Å². The molecule has 0 saturated carbocycles. The molecule has 162 valence electrons. The molecular formula is C22H24F3IN2O2. The van der Waals surface area contributed by atoms with E-state index in [9.17, 15) is 23.1 Å². The van der Waals surface area contributed by atoms with E-state index < -0.39 is 29.0 Å². The summed E-state index contributed by atoms with van der Waals surface area (Å²) < 4.78 is 43.4. The van der Waals surface area contributed by atoms with E-state index in [2.05, 4.69) is 5.32 Å². The number of rotatable bonds is 7. The van der Waals surface area contributed by atoms with Gasteiger partial charge in [-0.05, 0) is 65.8 Å². The Bertz CT molecular complexity index is 948. The molecule has 0 aromatic heterocycles. The summed E-state index contributed by atoms with van der Waals surface area (Å²) in [7, 11) is 0. The SMILES string of the molecule is CCC(C)NCC1(O)CN(C(=O)c2ccc(F)c(F)c2Cc2ccc(I)cc2F)C1. The molecule has 2 N–H and O–H groups in total. The van der Waals surface area contributed by atoms with Crippen molar-refractivity contribution in [2.75, 3.05) is 19.6 Å². The van der Waals surface area contributed by atoms with Crippen LogP contribution in [0.5, 0.6) is 0 Å². The van der Waals surface area contributed by atoms with Crippen LogP contribution in [0.4, 0.5) is 13.2 Å². The number of hydrogen-bond donors (Lipinski definition) is 2. The number of aliphatic hydroxyl groups is 1. The maximum atomic E-state index is 14.6. The van der Waals surface area contributed by atoms with Gasteiger partial charge < -0.3 is 15.3 Å². The summed E-state index contributed by atoms with van der Waals surface area (Å²) in [6.45, 7) is 4.54. The maximum absolute atomic E-state index is 14.6. The third-order valence-electron chi connectivity index (χ3n) is 5.46. The monoisotopic (exact) mass is 532 g/mol. The number of β-amino-alcohol motifs (C(OH)–C–C–N with tert-alkyl or cyclic N) is 1. The fraction of sp³-hybridized carbons (Fsp3) is 0.409. The lowest BCUT2D eigenvalue weighted by Gasteiger charge is -2.47. The van der Waals surface area contributed by atoms with Crippen LogP contribution in [0.1, 0.15) is 41.8 Å². The van der Waals surface area contributed by atoms with Crippen LogP contribution >= 0.6 is 22.6 Å². The predicted molar refractivity (Wildman–Crippen MR) is 117 cm³/mol. The van der Waals surface area contributed by atoms with E-state index in [1.54, 1.807) is 6.07 Å². The molecule has 1 unspecified atom stereocenters. The quantitative estimate of drug-likeness (QED) is 0.533. The molecule has 4 nitrogen and oxygen atoms in total. The Morgan fingerprint density at radius 1 is 1.23 bits per heavy atom. The van der Waals surface area contributed by atoms with Crippen LogP contribution in [0, 0.1) is 21.0 Å². The first-order valence-corrected chi connectivity index (χ1v) is 10.9. The summed E-state index contributed by atoms with van der Waals surface area (Å²) in [6.07, 6.45) is 0.660. The zero-order chi connectivity index (χ0) is 22.1. The van der Waals surface area contributed by atoms with Gasteiger partial charge in [0.1, 0.15) is 11.4 Å². The average Bonchev–Trinajstić information content (AvgIpc) is 2.68. The fourth-order valence-corrected chi connectivity index (χ4v) is 3.87. The molecular weight excluding hydrogens is 508 g/mol. The number of nitrogens with one attached hydrogen (secondary N) is 1. The summed E-state index contributed by atoms with van der Waals surface area (Å²) in [5.74, 6) is -3.31. The fourth-order valence-electron chi connectivity index (χ4n) is 3.42. The topological polar surface area (TPSA) is 52.6 Å². The molecule has 0 aliphatic carbocycles. The number of nitrogens with zero attached hydrogens (tertiary/aromatic N) is 1. The van der Waals surface area contributed by atoms with Crippen LogP contribution in [0.2, 0.25) is 0 Å². The summed E-state index contributed by atoms with van der Waals surface area (Å²) >= 11 is 1.96. The minimum atomic E-state index is -1.16. The van der Waals surface area contributed by atoms with E-state index in [1.165, 1.54) is 23.1 Å². The highest BCUT2D eigenvalue weighted by Crippen LogP contribution is 2.28. The predicted octanol–water partition coefficient (Wildman–Crippen LogP) is 3.87. The van der Waals surface area contributed by atoms with Crippen LogP contribution in [-0.2, 0) is 6.42 Å². The third-order valence-corrected chi connectivity index (χ3v) is 6.13. The second-order valence-electron chi connectivity index (χ2n) is 7.88. The number of benzene rings is 2. The first-order valence-electron chi connectivity index (χ1n) is 9.79. The molecule has 0 bridgehead atoms. The highest BCUT2D eigenvalue weighted by atomic mass is 127. The minimum absolute atomic E-state index is 0.0243. The van der Waals surface area contributed by atoms with Gasteiger partial charge >= 0.3 is 0 Å². The molecule has 0 spiro atoms. The molecule has 8 heteroatoms. The Morgan fingerprint density at radius 2 is 1.93 bits per heavy atom. The first-order chi connectivity index (χ1) is 14.1. The van der Waals surface area contributed by atoms with Crippen LogP contribution < -0.4 is 5.32 Å². The minimum Gasteiger partial charge on any atom is -0.385 e. The molecule has 2 aromatic carbocycles. The Hall–Kier alpha value is -1.65. The lowest BCUT2D eigenvalue weighted by molar-refractivity contribution is -0.0796. The molecule has 0 radical (unpaired) electrons. The van der Waals surface area contributed by atoms with Crippen molar-refractivity contribution in [1.82, 2.24) is 10.2 Å². The van der Waals surface area contributed by atoms with E-state index in [-0.39, 0.29) is 42.2 Å². The average molecular weight is 532 g/mol. The largest absolute Gasteiger partial charge is 0.385 e. The standard InChI is InChI=1S/C22H24F3IN2O2/c1-3-13(2)27-10-22(30)11-28(12-22)21(29)16-6-7-18(23)20(25)17(16)8-14-4-5-15(26)9-19(14)24/h4-7,9,13,27,30H,3,8,10-12H2,1-2H3. The molecule has 3 rings (SSSR count). The van der Waals surface area contributed by atoms with Gasteiger partial charge in [0.05, 0.1) is 13.1 Å². The molecule has 1 saturated heterocycles. The zero-order valence-electron chi connectivity index (χ0n) is 16.8. The molecule has 1 atom stereocenters. The van der Waals surface area contributed by atoms with Crippen molar-refractivity contribution in [3.63, 3.8) is 0 Å². The number of carbonyl (C=O) groups excluding carboxylic acids is 1. The Labute approximate surface area is 187 Å². The molecule has 1 heterocycles. The molecule has 2 aromatic rings. The molecule has 1 amide bonds. The van der Waals surface area contributed by atoms with Crippen molar-refractivity contribution in [1.29, 1.82) is 0 Å². The van der Waals surface area contributed by atoms with Crippen molar-refractivity contribution in [2.45, 2.75) is 38.3 Å². The maximum Gasteiger partial charge on any atom is 0.254 e. The number of halogens is 4. The van der Waals surface area contributed by atoms with Crippen LogP contribution in [0.15, 0.2) is 30.3 Å². The van der Waals surface area contributed by atoms with Gasteiger partial charge in [0, 0.05) is 33.7 Å². The first kappa shape index (κ1) is 23.0. The van der Waals surface area contributed by atoms with E-state index >= 15 is 0 Å². The van der Waals surface area contributed by atoms with Crippen LogP contribution in [-0.4, -0.2) is 47.2 Å². The smallest absolute Gasteiger partial charge is 0.254 e. The second kappa shape index (κ2) is 9.23. The zero-order valence-corrected chi connectivity index (χ0v) is 19.0. The van der Waals surface area contributed by atoms with E-state index in [4.69, 9.17) is 0 Å². The Balaban J connectivity index is 1.79. The van der Waals surface area contributed by atoms with Gasteiger partial charge in [-0.3, -0.25) is 4.79 Å². The van der Waals surface area contributed by atoms with Crippen molar-refractivity contribution in [3.05, 3.63) is 68.0 Å². The highest BCUT2D eigenvalue weighted by Gasteiger charge is 2.44. The molecule has 30 heavy (non-hydrogen) atoms. The van der Waals surface area contributed by atoms with Gasteiger partial charge in [-0.15, -0.1) is 0 Å². The van der Waals surface area contributed by atoms with E-state index in [0.29, 0.717) is 10.1 Å². The summed E-state index contributed by atoms with van der Waals surface area (Å²) in [4.78, 5) is 14.3. The van der Waals surface area contributed by atoms with E-state index in [1.807, 2.05) is 36.4 Å². The molecule has 1 fully saturated rings. The molecule has 1 aliphatic rings. The Kier molecular flexibility index (Phi) is 7.09. The van der Waals surface area contributed by atoms with E-state index in [0.717, 1.165) is 12.5 Å². The van der Waals surface area contributed by atoms with Gasteiger partial charge in [-0.25, -0.2) is 13.2 Å². The van der Waals surface area contributed by atoms with Crippen molar-refractivity contribution < 1.29 is 23.1 Å². The third kappa shape index (κ3) is 4.97. The normalized spacial score (nSPS) is 16.3. The summed E-state index contributed by atoms with van der Waals surface area (Å²) in [5.41, 5.74) is -1.09. The summed E-state index contributed by atoms with van der Waals surface area (Å²) in [5, 5.41) is 13.8. The van der Waals surface area contributed by atoms with Gasteiger partial charge in [0.25, 0.3) is 5.91 Å².